The standard InChI is InChI=1S/C25H29N3O4/c1-2-3-9-20-15-22(28-27-20)24(30)26-21(16-23(29)25(31)32)14-17-10-12-19(13-11-17)18-7-5-4-6-8-18/h4-8,10-13,15,21,23,29H,2-3,9,14,16H2,1H3,(H,26,30)(H,27,28)(H,31,32)/t21?,23-/m1/s1. The molecule has 2 aromatic carbocycles. The zero-order valence-corrected chi connectivity index (χ0v) is 18.1. The average Bonchev–Trinajstić information content (AvgIpc) is 3.28. The van der Waals surface area contributed by atoms with Gasteiger partial charge in [-0.25, -0.2) is 4.79 Å². The van der Waals surface area contributed by atoms with Crippen molar-refractivity contribution in [3.05, 3.63) is 77.6 Å². The van der Waals surface area contributed by atoms with Crippen molar-refractivity contribution in [1.29, 1.82) is 0 Å². The van der Waals surface area contributed by atoms with E-state index in [0.29, 0.717) is 12.1 Å². The number of amides is 1. The van der Waals surface area contributed by atoms with E-state index >= 15 is 0 Å². The van der Waals surface area contributed by atoms with Crippen LogP contribution in [0.25, 0.3) is 11.1 Å². The molecule has 0 bridgehead atoms. The van der Waals surface area contributed by atoms with E-state index in [4.69, 9.17) is 5.11 Å². The van der Waals surface area contributed by atoms with Crippen LogP contribution in [-0.4, -0.2) is 44.4 Å². The zero-order valence-electron chi connectivity index (χ0n) is 18.1. The quantitative estimate of drug-likeness (QED) is 0.367. The topological polar surface area (TPSA) is 115 Å². The molecule has 0 aliphatic rings. The van der Waals surface area contributed by atoms with Crippen LogP contribution in [0.5, 0.6) is 0 Å². The number of hydrogen-bond acceptors (Lipinski definition) is 4. The highest BCUT2D eigenvalue weighted by atomic mass is 16.4. The van der Waals surface area contributed by atoms with Gasteiger partial charge in [-0.3, -0.25) is 9.89 Å². The van der Waals surface area contributed by atoms with Gasteiger partial charge in [0.2, 0.25) is 0 Å². The number of aryl methyl sites for hydroxylation is 1. The number of unbranched alkanes of at least 4 members (excludes halogenated alkanes) is 1. The van der Waals surface area contributed by atoms with Crippen LogP contribution in [0.4, 0.5) is 0 Å². The van der Waals surface area contributed by atoms with Gasteiger partial charge in [-0.05, 0) is 42.0 Å². The van der Waals surface area contributed by atoms with E-state index in [-0.39, 0.29) is 12.3 Å². The molecule has 0 radical (unpaired) electrons. The predicted octanol–water partition coefficient (Wildman–Crippen LogP) is 3.60. The number of carbonyl (C=O) groups excluding carboxylic acids is 1. The largest absolute Gasteiger partial charge is 0.479 e. The van der Waals surface area contributed by atoms with Gasteiger partial charge >= 0.3 is 5.97 Å². The van der Waals surface area contributed by atoms with E-state index in [1.807, 2.05) is 54.6 Å². The van der Waals surface area contributed by atoms with Gasteiger partial charge in [-0.2, -0.15) is 5.10 Å². The van der Waals surface area contributed by atoms with E-state index in [1.54, 1.807) is 6.07 Å². The van der Waals surface area contributed by atoms with Crippen LogP contribution in [-0.2, 0) is 17.6 Å². The number of H-pyrrole nitrogens is 1. The highest BCUT2D eigenvalue weighted by Crippen LogP contribution is 2.20. The molecule has 1 aromatic heterocycles. The lowest BCUT2D eigenvalue weighted by atomic mass is 9.97. The summed E-state index contributed by atoms with van der Waals surface area (Å²) in [5, 5.41) is 28.8. The molecule has 32 heavy (non-hydrogen) atoms. The van der Waals surface area contributed by atoms with Crippen molar-refractivity contribution in [2.75, 3.05) is 0 Å². The molecule has 1 heterocycles. The lowest BCUT2D eigenvalue weighted by molar-refractivity contribution is -0.147. The Kier molecular flexibility index (Phi) is 8.16. The molecule has 0 fully saturated rings. The smallest absolute Gasteiger partial charge is 0.332 e. The molecule has 3 rings (SSSR count). The number of benzene rings is 2. The summed E-state index contributed by atoms with van der Waals surface area (Å²) in [5.74, 6) is -1.68. The Hall–Kier alpha value is -3.45. The molecule has 0 aliphatic carbocycles. The number of carboxylic acid groups (broad SMARTS) is 1. The van der Waals surface area contributed by atoms with Crippen molar-refractivity contribution in [2.24, 2.45) is 0 Å². The predicted molar refractivity (Wildman–Crippen MR) is 122 cm³/mol. The van der Waals surface area contributed by atoms with Gasteiger partial charge in [0.25, 0.3) is 5.91 Å². The third-order valence-corrected chi connectivity index (χ3v) is 5.33. The first-order chi connectivity index (χ1) is 15.5. The summed E-state index contributed by atoms with van der Waals surface area (Å²) in [6.45, 7) is 2.09. The summed E-state index contributed by atoms with van der Waals surface area (Å²) in [7, 11) is 0. The molecule has 7 heteroatoms. The number of carboxylic acids is 1. The molecule has 1 unspecified atom stereocenters. The molecular formula is C25H29N3O4. The van der Waals surface area contributed by atoms with Crippen LogP contribution in [0.3, 0.4) is 0 Å². The van der Waals surface area contributed by atoms with Gasteiger partial charge in [-0.1, -0.05) is 67.9 Å². The summed E-state index contributed by atoms with van der Waals surface area (Å²) in [6.07, 6.45) is 1.53. The summed E-state index contributed by atoms with van der Waals surface area (Å²) in [6, 6.07) is 19.0. The Morgan fingerprint density at radius 3 is 2.41 bits per heavy atom. The number of aliphatic hydroxyl groups is 1. The third kappa shape index (κ3) is 6.52. The average molecular weight is 436 g/mol. The lowest BCUT2D eigenvalue weighted by Gasteiger charge is -2.20. The van der Waals surface area contributed by atoms with E-state index in [2.05, 4.69) is 22.4 Å². The second-order valence-electron chi connectivity index (χ2n) is 7.90. The summed E-state index contributed by atoms with van der Waals surface area (Å²) < 4.78 is 0. The molecule has 0 spiro atoms. The van der Waals surface area contributed by atoms with Crippen molar-refractivity contribution >= 4 is 11.9 Å². The lowest BCUT2D eigenvalue weighted by Crippen LogP contribution is -2.40. The molecule has 7 nitrogen and oxygen atoms in total. The van der Waals surface area contributed by atoms with Crippen molar-refractivity contribution in [1.82, 2.24) is 15.5 Å². The number of aromatic amines is 1. The Labute approximate surface area is 187 Å². The van der Waals surface area contributed by atoms with Crippen LogP contribution in [0.1, 0.15) is 47.9 Å². The number of nitrogens with one attached hydrogen (secondary N) is 2. The maximum absolute atomic E-state index is 12.7. The Bertz CT molecular complexity index is 1020. The molecule has 1 amide bonds. The number of carbonyl (C=O) groups is 2. The Morgan fingerprint density at radius 2 is 1.75 bits per heavy atom. The number of hydrogen-bond donors (Lipinski definition) is 4. The minimum atomic E-state index is -1.56. The second-order valence-corrected chi connectivity index (χ2v) is 7.90. The van der Waals surface area contributed by atoms with E-state index in [0.717, 1.165) is 41.6 Å². The van der Waals surface area contributed by atoms with Crippen molar-refractivity contribution in [2.45, 2.75) is 51.2 Å². The first kappa shape index (κ1) is 23.2. The fourth-order valence-electron chi connectivity index (χ4n) is 3.54. The Balaban J connectivity index is 1.70. The summed E-state index contributed by atoms with van der Waals surface area (Å²) >= 11 is 0. The summed E-state index contributed by atoms with van der Waals surface area (Å²) in [4.78, 5) is 23.9. The molecule has 0 aliphatic heterocycles. The number of aliphatic hydroxyl groups excluding tert-OH is 1. The van der Waals surface area contributed by atoms with Crippen LogP contribution in [0, 0.1) is 0 Å². The number of aromatic nitrogens is 2. The number of rotatable bonds is 11. The zero-order chi connectivity index (χ0) is 22.9. The molecule has 168 valence electrons. The van der Waals surface area contributed by atoms with Crippen molar-refractivity contribution in [3.63, 3.8) is 0 Å². The van der Waals surface area contributed by atoms with Crippen molar-refractivity contribution in [3.8, 4) is 11.1 Å². The number of aliphatic carboxylic acids is 1. The van der Waals surface area contributed by atoms with Gasteiger partial charge in [0.05, 0.1) is 5.69 Å². The van der Waals surface area contributed by atoms with Gasteiger partial charge in [0.15, 0.2) is 6.10 Å². The maximum Gasteiger partial charge on any atom is 0.332 e. The molecule has 4 N–H and O–H groups in total. The van der Waals surface area contributed by atoms with E-state index in [1.165, 1.54) is 0 Å². The maximum atomic E-state index is 12.7. The van der Waals surface area contributed by atoms with Gasteiger partial charge in [0.1, 0.15) is 5.69 Å². The monoisotopic (exact) mass is 435 g/mol. The van der Waals surface area contributed by atoms with Crippen LogP contribution >= 0.6 is 0 Å². The minimum absolute atomic E-state index is 0.0989. The molecule has 0 saturated heterocycles. The van der Waals surface area contributed by atoms with Gasteiger partial charge in [-0.15, -0.1) is 0 Å². The number of nitrogens with zero attached hydrogens (tertiary/aromatic N) is 1. The van der Waals surface area contributed by atoms with Crippen LogP contribution in [0.2, 0.25) is 0 Å². The molecule has 3 aromatic rings. The normalized spacial score (nSPS) is 12.8. The second kappa shape index (κ2) is 11.2. The highest BCUT2D eigenvalue weighted by molar-refractivity contribution is 5.92. The molecular weight excluding hydrogens is 406 g/mol. The molecule has 2 atom stereocenters. The Morgan fingerprint density at radius 1 is 1.06 bits per heavy atom. The van der Waals surface area contributed by atoms with Gasteiger partial charge < -0.3 is 15.5 Å². The molecule has 0 saturated carbocycles. The van der Waals surface area contributed by atoms with Gasteiger partial charge in [0, 0.05) is 12.5 Å². The SMILES string of the molecule is CCCCc1cc(C(=O)NC(Cc2ccc(-c3ccccc3)cc2)C[C@@H](O)C(=O)O)[nH]n1. The third-order valence-electron chi connectivity index (χ3n) is 5.33. The fraction of sp³-hybridized carbons (Fsp3) is 0.320. The fourth-order valence-corrected chi connectivity index (χ4v) is 3.54. The van der Waals surface area contributed by atoms with Crippen LogP contribution < -0.4 is 5.32 Å². The van der Waals surface area contributed by atoms with Crippen molar-refractivity contribution < 1.29 is 19.8 Å². The van der Waals surface area contributed by atoms with Crippen LogP contribution in [0.15, 0.2) is 60.7 Å². The first-order valence-electron chi connectivity index (χ1n) is 10.9. The highest BCUT2D eigenvalue weighted by Gasteiger charge is 2.23. The first-order valence-corrected chi connectivity index (χ1v) is 10.9. The van der Waals surface area contributed by atoms with E-state index < -0.39 is 18.1 Å². The summed E-state index contributed by atoms with van der Waals surface area (Å²) in [5.41, 5.74) is 4.24. The van der Waals surface area contributed by atoms with E-state index in [9.17, 15) is 14.7 Å². The minimum Gasteiger partial charge on any atom is -0.479 e.